The summed E-state index contributed by atoms with van der Waals surface area (Å²) in [5.74, 6) is -0.744. The highest BCUT2D eigenvalue weighted by molar-refractivity contribution is 7.92. The lowest BCUT2D eigenvalue weighted by molar-refractivity contribution is -0.137. The van der Waals surface area contributed by atoms with Gasteiger partial charge in [0, 0.05) is 10.7 Å². The smallest absolute Gasteiger partial charge is 0.325 e. The Balaban J connectivity index is 2.31. The average molecular weight is 441 g/mol. The van der Waals surface area contributed by atoms with Crippen molar-refractivity contribution in [3.05, 3.63) is 58.1 Å². The van der Waals surface area contributed by atoms with E-state index >= 15 is 0 Å². The van der Waals surface area contributed by atoms with Crippen LogP contribution in [-0.2, 0) is 21.0 Å². The molecule has 1 N–H and O–H groups in total. The number of carbonyl (C=O) groups excluding carboxylic acids is 1. The molecule has 11 heteroatoms. The van der Waals surface area contributed by atoms with E-state index in [4.69, 9.17) is 23.2 Å². The van der Waals surface area contributed by atoms with Crippen LogP contribution in [-0.4, -0.2) is 27.1 Å². The molecule has 5 nitrogen and oxygen atoms in total. The fourth-order valence-electron chi connectivity index (χ4n) is 2.15. The zero-order valence-corrected chi connectivity index (χ0v) is 16.0. The predicted molar refractivity (Wildman–Crippen MR) is 98.7 cm³/mol. The Morgan fingerprint density at radius 3 is 2.22 bits per heavy atom. The molecule has 0 bridgehead atoms. The van der Waals surface area contributed by atoms with E-state index in [0.717, 1.165) is 18.4 Å². The van der Waals surface area contributed by atoms with Crippen molar-refractivity contribution in [2.45, 2.75) is 6.18 Å². The molecule has 0 fully saturated rings. The third-order valence-corrected chi connectivity index (χ3v) is 5.08. The predicted octanol–water partition coefficient (Wildman–Crippen LogP) is 4.42. The molecule has 2 rings (SSSR count). The maximum atomic E-state index is 13.0. The van der Waals surface area contributed by atoms with Crippen LogP contribution in [0.1, 0.15) is 5.56 Å². The lowest BCUT2D eigenvalue weighted by Gasteiger charge is -2.23. The summed E-state index contributed by atoms with van der Waals surface area (Å²) in [6, 6.07) is 8.62. The number of amides is 1. The molecule has 1 amide bonds. The van der Waals surface area contributed by atoms with Gasteiger partial charge < -0.3 is 5.32 Å². The summed E-state index contributed by atoms with van der Waals surface area (Å²) in [6.45, 7) is -0.722. The summed E-state index contributed by atoms with van der Waals surface area (Å²) >= 11 is 11.3. The Hall–Kier alpha value is -1.97. The van der Waals surface area contributed by atoms with Crippen LogP contribution in [0.15, 0.2) is 42.5 Å². The highest BCUT2D eigenvalue weighted by Gasteiger charge is 2.34. The molecule has 0 aliphatic rings. The fourth-order valence-corrected chi connectivity index (χ4v) is 3.35. The van der Waals surface area contributed by atoms with Crippen LogP contribution in [0.4, 0.5) is 24.5 Å². The number of hydrogen-bond donors (Lipinski definition) is 1. The molecule has 0 heterocycles. The fraction of sp³-hybridized carbons (Fsp3) is 0.188. The van der Waals surface area contributed by atoms with E-state index in [1.165, 1.54) is 24.3 Å². The zero-order chi connectivity index (χ0) is 20.4. The number of halogens is 5. The molecule has 0 aliphatic heterocycles. The Bertz CT molecular complexity index is 948. The number of benzene rings is 2. The van der Waals surface area contributed by atoms with Gasteiger partial charge in [0.2, 0.25) is 15.9 Å². The van der Waals surface area contributed by atoms with E-state index in [1.54, 1.807) is 0 Å². The monoisotopic (exact) mass is 440 g/mol. The quantitative estimate of drug-likeness (QED) is 0.748. The van der Waals surface area contributed by atoms with E-state index in [2.05, 4.69) is 5.32 Å². The van der Waals surface area contributed by atoms with Gasteiger partial charge in [-0.05, 0) is 42.5 Å². The third kappa shape index (κ3) is 5.75. The molecule has 2 aromatic rings. The van der Waals surface area contributed by atoms with Crippen molar-refractivity contribution < 1.29 is 26.4 Å². The van der Waals surface area contributed by atoms with Gasteiger partial charge in [0.15, 0.2) is 0 Å². The summed E-state index contributed by atoms with van der Waals surface area (Å²) in [5, 5.41) is 2.30. The second-order valence-electron chi connectivity index (χ2n) is 5.49. The summed E-state index contributed by atoms with van der Waals surface area (Å²) in [4.78, 5) is 12.2. The van der Waals surface area contributed by atoms with Gasteiger partial charge in [-0.25, -0.2) is 8.42 Å². The number of sulfonamides is 1. The molecule has 0 saturated heterocycles. The van der Waals surface area contributed by atoms with E-state index < -0.39 is 39.2 Å². The lowest BCUT2D eigenvalue weighted by Crippen LogP contribution is -2.37. The van der Waals surface area contributed by atoms with Crippen LogP contribution in [0, 0.1) is 0 Å². The van der Waals surface area contributed by atoms with Gasteiger partial charge in [-0.1, -0.05) is 23.2 Å². The van der Waals surface area contributed by atoms with Gasteiger partial charge in [-0.2, -0.15) is 13.2 Å². The van der Waals surface area contributed by atoms with Crippen LogP contribution in [0.25, 0.3) is 0 Å². The molecule has 146 valence electrons. The summed E-state index contributed by atoms with van der Waals surface area (Å²) < 4.78 is 63.7. The van der Waals surface area contributed by atoms with E-state index in [1.807, 2.05) is 0 Å². The van der Waals surface area contributed by atoms with Crippen molar-refractivity contribution in [3.8, 4) is 0 Å². The first-order chi connectivity index (χ1) is 12.4. The first kappa shape index (κ1) is 21.3. The number of nitrogens with one attached hydrogen (secondary N) is 1. The van der Waals surface area contributed by atoms with E-state index in [9.17, 15) is 26.4 Å². The largest absolute Gasteiger partial charge is 0.417 e. The van der Waals surface area contributed by atoms with Crippen molar-refractivity contribution in [2.24, 2.45) is 0 Å². The average Bonchev–Trinajstić information content (AvgIpc) is 2.53. The molecule has 27 heavy (non-hydrogen) atoms. The molecule has 0 spiro atoms. The van der Waals surface area contributed by atoms with Crippen molar-refractivity contribution >= 4 is 50.5 Å². The van der Waals surface area contributed by atoms with Crippen molar-refractivity contribution in [1.82, 2.24) is 0 Å². The topological polar surface area (TPSA) is 66.5 Å². The number of rotatable bonds is 5. The van der Waals surface area contributed by atoms with Crippen LogP contribution < -0.4 is 9.62 Å². The Morgan fingerprint density at radius 1 is 1.11 bits per heavy atom. The molecule has 0 radical (unpaired) electrons. The SMILES string of the molecule is CS(=O)(=O)N(CC(=O)Nc1ccc(Cl)cc1)c1ccc(Cl)c(C(F)(F)F)c1. The third-order valence-electron chi connectivity index (χ3n) is 3.36. The highest BCUT2D eigenvalue weighted by atomic mass is 35.5. The van der Waals surface area contributed by atoms with Crippen LogP contribution in [0.3, 0.4) is 0 Å². The van der Waals surface area contributed by atoms with Gasteiger partial charge in [-0.3, -0.25) is 9.10 Å². The number of hydrogen-bond acceptors (Lipinski definition) is 3. The van der Waals surface area contributed by atoms with Gasteiger partial charge in [0.25, 0.3) is 0 Å². The van der Waals surface area contributed by atoms with Gasteiger partial charge in [0.05, 0.1) is 22.5 Å². The summed E-state index contributed by atoms with van der Waals surface area (Å²) in [6.07, 6.45) is -3.99. The van der Waals surface area contributed by atoms with Gasteiger partial charge in [0.1, 0.15) is 6.54 Å². The number of nitrogens with zero attached hydrogens (tertiary/aromatic N) is 1. The molecule has 2 aromatic carbocycles. The Morgan fingerprint density at radius 2 is 1.70 bits per heavy atom. The van der Waals surface area contributed by atoms with Crippen molar-refractivity contribution in [3.63, 3.8) is 0 Å². The van der Waals surface area contributed by atoms with Gasteiger partial charge >= 0.3 is 6.18 Å². The van der Waals surface area contributed by atoms with Crippen LogP contribution in [0.5, 0.6) is 0 Å². The van der Waals surface area contributed by atoms with E-state index in [0.29, 0.717) is 21.1 Å². The second kappa shape index (κ2) is 7.95. The number of carbonyl (C=O) groups is 1. The first-order valence-corrected chi connectivity index (χ1v) is 9.88. The van der Waals surface area contributed by atoms with Crippen molar-refractivity contribution in [1.29, 1.82) is 0 Å². The van der Waals surface area contributed by atoms with Crippen molar-refractivity contribution in [2.75, 3.05) is 22.4 Å². The number of anilines is 2. The molecule has 0 aliphatic carbocycles. The molecule has 0 aromatic heterocycles. The van der Waals surface area contributed by atoms with Crippen LogP contribution in [0.2, 0.25) is 10.0 Å². The number of alkyl halides is 3. The summed E-state index contributed by atoms with van der Waals surface area (Å²) in [7, 11) is -4.05. The molecule has 0 saturated carbocycles. The first-order valence-electron chi connectivity index (χ1n) is 7.28. The van der Waals surface area contributed by atoms with Gasteiger partial charge in [-0.15, -0.1) is 0 Å². The van der Waals surface area contributed by atoms with E-state index in [-0.39, 0.29) is 5.69 Å². The Kier molecular flexibility index (Phi) is 6.28. The van der Waals surface area contributed by atoms with Crippen LogP contribution >= 0.6 is 23.2 Å². The maximum Gasteiger partial charge on any atom is 0.417 e. The minimum absolute atomic E-state index is 0.333. The normalized spacial score (nSPS) is 11.9. The summed E-state index contributed by atoms with van der Waals surface area (Å²) in [5.41, 5.74) is -1.18. The lowest BCUT2D eigenvalue weighted by atomic mass is 10.2. The minimum atomic E-state index is -4.78. The molecular weight excluding hydrogens is 428 g/mol. The zero-order valence-electron chi connectivity index (χ0n) is 13.7. The molecule has 0 unspecified atom stereocenters. The molecular formula is C16H13Cl2F3N2O3S. The maximum absolute atomic E-state index is 13.0. The standard InChI is InChI=1S/C16H13Cl2F3N2O3S/c1-27(25,26)23(9-15(24)22-11-4-2-10(17)3-5-11)12-6-7-14(18)13(8-12)16(19,20)21/h2-8H,9H2,1H3,(H,22,24). The molecule has 0 atom stereocenters. The Labute approximate surface area is 163 Å². The highest BCUT2D eigenvalue weighted by Crippen LogP contribution is 2.37. The minimum Gasteiger partial charge on any atom is -0.325 e. The second-order valence-corrected chi connectivity index (χ2v) is 8.24.